The van der Waals surface area contributed by atoms with Crippen LogP contribution in [0.3, 0.4) is 0 Å². The van der Waals surface area contributed by atoms with E-state index in [1.807, 2.05) is 17.0 Å². The fourth-order valence-corrected chi connectivity index (χ4v) is 4.03. The number of carbonyl (C=O) groups excluding carboxylic acids is 1. The van der Waals surface area contributed by atoms with Crippen LogP contribution in [0, 0.1) is 0 Å². The molecule has 1 saturated heterocycles. The Morgan fingerprint density at radius 1 is 1.26 bits per heavy atom. The molecule has 2 N–H and O–H groups in total. The van der Waals surface area contributed by atoms with E-state index >= 15 is 0 Å². The molecule has 0 radical (unpaired) electrons. The molecule has 3 rings (SSSR count). The zero-order chi connectivity index (χ0) is 13.4. The summed E-state index contributed by atoms with van der Waals surface area (Å²) in [5.41, 5.74) is 0. The maximum atomic E-state index is 12.5. The molecule has 1 aromatic heterocycles. The Hall–Kier alpha value is -0.810. The van der Waals surface area contributed by atoms with Gasteiger partial charge in [0.15, 0.2) is 0 Å². The third-order valence-corrected chi connectivity index (χ3v) is 5.16. The van der Waals surface area contributed by atoms with Crippen molar-refractivity contribution in [3.8, 4) is 0 Å². The number of hydrogen-bond donors (Lipinski definition) is 1. The highest BCUT2D eigenvalue weighted by Gasteiger charge is 2.24. The largest absolute Gasteiger partial charge is 0.343 e. The van der Waals surface area contributed by atoms with Gasteiger partial charge in [-0.3, -0.25) is 4.79 Å². The molecule has 1 fully saturated rings. The molecule has 6 heteroatoms. The van der Waals surface area contributed by atoms with E-state index in [9.17, 15) is 4.79 Å². The van der Waals surface area contributed by atoms with Gasteiger partial charge in [-0.25, -0.2) is 0 Å². The van der Waals surface area contributed by atoms with E-state index in [0.29, 0.717) is 14.9 Å². The van der Waals surface area contributed by atoms with Crippen LogP contribution in [0.25, 0.3) is 10.1 Å². The van der Waals surface area contributed by atoms with Gasteiger partial charge in [-0.2, -0.15) is 0 Å². The van der Waals surface area contributed by atoms with Crippen LogP contribution in [0.1, 0.15) is 9.67 Å². The van der Waals surface area contributed by atoms with E-state index in [2.05, 4.69) is 5.32 Å². The van der Waals surface area contributed by atoms with E-state index < -0.39 is 0 Å². The van der Waals surface area contributed by atoms with Crippen LogP contribution in [0.4, 0.5) is 0 Å². The summed E-state index contributed by atoms with van der Waals surface area (Å²) >= 11 is 13.7. The van der Waals surface area contributed by atoms with Gasteiger partial charge in [-0.1, -0.05) is 29.3 Å². The predicted molar refractivity (Wildman–Crippen MR) is 79.4 cm³/mol. The summed E-state index contributed by atoms with van der Waals surface area (Å²) in [5.74, 6) is 0.0374. The number of fused-ring (bicyclic) bond motifs is 1. The lowest BCUT2D eigenvalue weighted by atomic mass is 10.2. The van der Waals surface area contributed by atoms with Gasteiger partial charge in [-0.15, -0.1) is 11.3 Å². The molecule has 1 amide bonds. The highest BCUT2D eigenvalue weighted by molar-refractivity contribution is 7.21. The number of benzene rings is 1. The second kappa shape index (κ2) is 5.29. The molecule has 0 aliphatic carbocycles. The lowest BCUT2D eigenvalue weighted by Gasteiger charge is -2.24. The lowest BCUT2D eigenvalue weighted by Crippen LogP contribution is -2.89. The smallest absolute Gasteiger partial charge is 0.265 e. The first-order valence-electron chi connectivity index (χ1n) is 6.15. The summed E-state index contributed by atoms with van der Waals surface area (Å²) < 4.78 is 0.962. The van der Waals surface area contributed by atoms with Gasteiger partial charge in [0.1, 0.15) is 4.88 Å². The summed E-state index contributed by atoms with van der Waals surface area (Å²) in [6.45, 7) is 3.48. The first kappa shape index (κ1) is 13.2. The average Bonchev–Trinajstić information content (AvgIpc) is 2.75. The zero-order valence-electron chi connectivity index (χ0n) is 10.2. The van der Waals surface area contributed by atoms with Crippen molar-refractivity contribution in [3.63, 3.8) is 0 Å². The Balaban J connectivity index is 2.00. The molecule has 100 valence electrons. The molecule has 0 bridgehead atoms. The number of rotatable bonds is 1. The molecule has 1 aromatic carbocycles. The number of carbonyl (C=O) groups is 1. The third-order valence-electron chi connectivity index (χ3n) is 3.28. The van der Waals surface area contributed by atoms with Gasteiger partial charge < -0.3 is 10.2 Å². The average molecular weight is 316 g/mol. The van der Waals surface area contributed by atoms with Crippen LogP contribution >= 0.6 is 34.5 Å². The second-order valence-corrected chi connectivity index (χ2v) is 6.41. The Labute approximate surface area is 125 Å². The Kier molecular flexibility index (Phi) is 3.67. The molecule has 2 heterocycles. The number of thiophene rings is 1. The fraction of sp³-hybridized carbons (Fsp3) is 0.308. The van der Waals surface area contributed by atoms with Gasteiger partial charge in [0.25, 0.3) is 5.91 Å². The molecule has 0 atom stereocenters. The van der Waals surface area contributed by atoms with Crippen molar-refractivity contribution >= 4 is 50.5 Å². The number of hydrogen-bond acceptors (Lipinski definition) is 2. The summed E-state index contributed by atoms with van der Waals surface area (Å²) in [5, 5.41) is 4.34. The topological polar surface area (TPSA) is 36.9 Å². The fourth-order valence-electron chi connectivity index (χ4n) is 2.27. The number of nitrogens with two attached hydrogens (primary N) is 1. The Morgan fingerprint density at radius 2 is 2.00 bits per heavy atom. The number of halogens is 2. The Bertz CT molecular complexity index is 635. The number of amides is 1. The maximum Gasteiger partial charge on any atom is 0.265 e. The minimum absolute atomic E-state index is 0.0374. The van der Waals surface area contributed by atoms with Crippen LogP contribution in [0.15, 0.2) is 18.2 Å². The molecule has 2 aromatic rings. The molecular weight excluding hydrogens is 303 g/mol. The highest BCUT2D eigenvalue weighted by atomic mass is 35.5. The first-order valence-corrected chi connectivity index (χ1v) is 7.72. The second-order valence-electron chi connectivity index (χ2n) is 4.54. The van der Waals surface area contributed by atoms with Gasteiger partial charge in [0, 0.05) is 15.1 Å². The zero-order valence-corrected chi connectivity index (χ0v) is 12.5. The molecular formula is C13H13Cl2N2OS+. The van der Waals surface area contributed by atoms with Gasteiger partial charge >= 0.3 is 0 Å². The van der Waals surface area contributed by atoms with Crippen LogP contribution in [0.2, 0.25) is 10.0 Å². The standard InChI is InChI=1S/C13H12Cl2N2OS/c14-8-1-2-9-10(7-8)19-12(11(9)15)13(18)17-5-3-16-4-6-17/h1-2,7,16H,3-6H2/p+1. The monoisotopic (exact) mass is 315 g/mol. The molecule has 0 spiro atoms. The predicted octanol–water partition coefficient (Wildman–Crippen LogP) is 2.23. The number of nitrogens with zero attached hydrogens (tertiary/aromatic N) is 1. The Morgan fingerprint density at radius 3 is 2.74 bits per heavy atom. The number of piperazine rings is 1. The van der Waals surface area contributed by atoms with E-state index in [4.69, 9.17) is 23.2 Å². The van der Waals surface area contributed by atoms with Crippen LogP contribution in [0.5, 0.6) is 0 Å². The summed E-state index contributed by atoms with van der Waals surface area (Å²) in [6.07, 6.45) is 0. The summed E-state index contributed by atoms with van der Waals surface area (Å²) in [7, 11) is 0. The van der Waals surface area contributed by atoms with Gasteiger partial charge in [0.05, 0.1) is 31.2 Å². The summed E-state index contributed by atoms with van der Waals surface area (Å²) in [4.78, 5) is 15.0. The van der Waals surface area contributed by atoms with Crippen molar-refractivity contribution in [2.24, 2.45) is 0 Å². The maximum absolute atomic E-state index is 12.5. The lowest BCUT2D eigenvalue weighted by molar-refractivity contribution is -0.661. The van der Waals surface area contributed by atoms with Crippen molar-refractivity contribution in [1.82, 2.24) is 4.90 Å². The van der Waals surface area contributed by atoms with Crippen molar-refractivity contribution in [2.75, 3.05) is 26.2 Å². The van der Waals surface area contributed by atoms with Crippen molar-refractivity contribution < 1.29 is 10.1 Å². The molecule has 3 nitrogen and oxygen atoms in total. The van der Waals surface area contributed by atoms with E-state index in [1.54, 1.807) is 6.07 Å². The van der Waals surface area contributed by atoms with Crippen LogP contribution < -0.4 is 5.32 Å². The molecule has 0 saturated carbocycles. The van der Waals surface area contributed by atoms with Crippen molar-refractivity contribution in [3.05, 3.63) is 33.1 Å². The minimum atomic E-state index is 0.0374. The van der Waals surface area contributed by atoms with Crippen molar-refractivity contribution in [2.45, 2.75) is 0 Å². The van der Waals surface area contributed by atoms with E-state index in [1.165, 1.54) is 11.3 Å². The van der Waals surface area contributed by atoms with Gasteiger partial charge in [0.2, 0.25) is 0 Å². The molecule has 1 aliphatic heterocycles. The minimum Gasteiger partial charge on any atom is -0.343 e. The van der Waals surface area contributed by atoms with Crippen LogP contribution in [-0.2, 0) is 0 Å². The first-order chi connectivity index (χ1) is 9.16. The normalized spacial score (nSPS) is 16.0. The molecule has 1 aliphatic rings. The van der Waals surface area contributed by atoms with Gasteiger partial charge in [-0.05, 0) is 12.1 Å². The SMILES string of the molecule is O=C(c1sc2cc(Cl)ccc2c1Cl)N1CC[NH2+]CC1. The van der Waals surface area contributed by atoms with E-state index in [0.717, 1.165) is 36.3 Å². The quantitative estimate of drug-likeness (QED) is 0.861. The molecule has 0 unspecified atom stereocenters. The van der Waals surface area contributed by atoms with E-state index in [-0.39, 0.29) is 5.91 Å². The molecule has 19 heavy (non-hydrogen) atoms. The number of quaternary nitrogens is 1. The van der Waals surface area contributed by atoms with Crippen molar-refractivity contribution in [1.29, 1.82) is 0 Å². The third kappa shape index (κ3) is 2.46. The van der Waals surface area contributed by atoms with Crippen LogP contribution in [-0.4, -0.2) is 37.0 Å². The summed E-state index contributed by atoms with van der Waals surface area (Å²) in [6, 6.07) is 5.53. The highest BCUT2D eigenvalue weighted by Crippen LogP contribution is 2.37.